The van der Waals surface area contributed by atoms with Gasteiger partial charge in [-0.05, 0) is 52.4 Å². The van der Waals surface area contributed by atoms with Crippen LogP contribution in [0.2, 0.25) is 0 Å². The Morgan fingerprint density at radius 2 is 1.88 bits per heavy atom. The molecule has 0 bridgehead atoms. The van der Waals surface area contributed by atoms with Crippen LogP contribution in [0, 0.1) is 6.92 Å². The molecule has 8 nitrogen and oxygen atoms in total. The monoisotopic (exact) mass is 470 g/mol. The second kappa shape index (κ2) is 11.7. The summed E-state index contributed by atoms with van der Waals surface area (Å²) in [6.07, 6.45) is 2.60. The first-order valence-electron chi connectivity index (χ1n) is 10.7. The molecule has 0 aliphatic rings. The fraction of sp³-hybridized carbons (Fsp3) is 0.375. The smallest absolute Gasteiger partial charge is 0.215 e. The van der Waals surface area contributed by atoms with Gasteiger partial charge in [0.2, 0.25) is 5.88 Å². The predicted molar refractivity (Wildman–Crippen MR) is 139 cm³/mol. The maximum atomic E-state index is 12.2. The highest BCUT2D eigenvalue weighted by Gasteiger charge is 2.26. The number of methoxy groups -OCH3 is 1. The Hall–Kier alpha value is -3.04. The normalized spacial score (nSPS) is 10.8. The van der Waals surface area contributed by atoms with E-state index in [1.807, 2.05) is 41.9 Å². The van der Waals surface area contributed by atoms with E-state index in [1.54, 1.807) is 25.3 Å². The number of hydrogen-bond donors (Lipinski definition) is 3. The van der Waals surface area contributed by atoms with E-state index in [-0.39, 0.29) is 5.54 Å². The van der Waals surface area contributed by atoms with Crippen LogP contribution in [-0.2, 0) is 5.54 Å². The molecule has 2 heterocycles. The number of pyridine rings is 1. The van der Waals surface area contributed by atoms with E-state index in [0.29, 0.717) is 23.0 Å². The highest BCUT2D eigenvalue weighted by molar-refractivity contribution is 8.00. The van der Waals surface area contributed by atoms with Gasteiger partial charge in [-0.2, -0.15) is 5.10 Å². The number of rotatable bonds is 8. The van der Waals surface area contributed by atoms with Crippen molar-refractivity contribution in [3.8, 4) is 17.1 Å². The van der Waals surface area contributed by atoms with Gasteiger partial charge in [0.15, 0.2) is 6.29 Å². The molecule has 0 saturated carbocycles. The molecular weight excluding hydrogens is 436 g/mol. The van der Waals surface area contributed by atoms with E-state index in [9.17, 15) is 4.79 Å². The van der Waals surface area contributed by atoms with Gasteiger partial charge in [0, 0.05) is 35.0 Å². The summed E-state index contributed by atoms with van der Waals surface area (Å²) in [7, 11) is 3.08. The summed E-state index contributed by atoms with van der Waals surface area (Å²) in [6.45, 7) is 10.2. The van der Waals surface area contributed by atoms with Gasteiger partial charge in [-0.1, -0.05) is 31.0 Å². The first kappa shape index (κ1) is 26.2. The van der Waals surface area contributed by atoms with Gasteiger partial charge in [-0.25, -0.2) is 9.67 Å². The van der Waals surface area contributed by atoms with Crippen LogP contribution in [0.4, 0.5) is 17.2 Å². The minimum absolute atomic E-state index is 0.345. The number of benzene rings is 1. The van der Waals surface area contributed by atoms with Gasteiger partial charge in [-0.3, -0.25) is 4.79 Å². The van der Waals surface area contributed by atoms with Crippen LogP contribution in [-0.4, -0.2) is 41.0 Å². The second-order valence-electron chi connectivity index (χ2n) is 8.09. The van der Waals surface area contributed by atoms with Crippen molar-refractivity contribution in [3.05, 3.63) is 47.7 Å². The molecule has 1 aromatic carbocycles. The molecule has 0 unspecified atom stereocenters. The van der Waals surface area contributed by atoms with Gasteiger partial charge in [0.05, 0.1) is 18.2 Å². The van der Waals surface area contributed by atoms with Gasteiger partial charge in [0.1, 0.15) is 11.5 Å². The molecule has 0 fully saturated rings. The molecule has 178 valence electrons. The third kappa shape index (κ3) is 6.27. The number of nitrogens with two attached hydrogens (primary N) is 1. The number of aryl methyl sites for hydroxylation is 1. The molecule has 0 aliphatic heterocycles. The first-order valence-corrected chi connectivity index (χ1v) is 11.7. The fourth-order valence-corrected chi connectivity index (χ4v) is 3.54. The Balaban J connectivity index is 0.00000187. The third-order valence-corrected chi connectivity index (χ3v) is 5.38. The lowest BCUT2D eigenvalue weighted by atomic mass is 10.1. The van der Waals surface area contributed by atoms with Crippen LogP contribution in [0.3, 0.4) is 0 Å². The molecule has 0 spiro atoms. The quantitative estimate of drug-likeness (QED) is 0.303. The molecule has 3 rings (SSSR count). The fourth-order valence-electron chi connectivity index (χ4n) is 3.09. The minimum atomic E-state index is -0.345. The van der Waals surface area contributed by atoms with Gasteiger partial charge in [-0.15, -0.1) is 0 Å². The van der Waals surface area contributed by atoms with Gasteiger partial charge >= 0.3 is 0 Å². The summed E-state index contributed by atoms with van der Waals surface area (Å²) in [5.74, 6) is 2.11. The third-order valence-electron chi connectivity index (χ3n) is 4.71. The molecule has 4 N–H and O–H groups in total. The molecule has 9 heteroatoms. The van der Waals surface area contributed by atoms with Crippen molar-refractivity contribution in [1.29, 1.82) is 0 Å². The summed E-state index contributed by atoms with van der Waals surface area (Å²) in [6, 6.07) is 9.76. The van der Waals surface area contributed by atoms with Crippen molar-refractivity contribution in [3.63, 3.8) is 0 Å². The maximum absolute atomic E-state index is 12.2. The minimum Gasteiger partial charge on any atom is -0.481 e. The van der Waals surface area contributed by atoms with Crippen LogP contribution in [0.15, 0.2) is 36.5 Å². The summed E-state index contributed by atoms with van der Waals surface area (Å²) >= 11 is 1.63. The Labute approximate surface area is 200 Å². The van der Waals surface area contributed by atoms with Crippen molar-refractivity contribution >= 4 is 35.4 Å². The molecule has 3 aromatic rings. The van der Waals surface area contributed by atoms with Crippen LogP contribution in [0.25, 0.3) is 11.3 Å². The molecule has 0 saturated heterocycles. The molecule has 0 amide bonds. The molecule has 33 heavy (non-hydrogen) atoms. The standard InChI is InChI=1S/C23H29N5O2S.CH5N/c1-7-31-27-17-10-8-16(9-11-17)21-18(14-29)22(28(26-21)23(3,4)5)25-19-12-20(30-6)24-13-15(19)2;1-2/h8-14,27H,7H2,1-6H3,(H,24,25);2H2,1H3. The van der Waals surface area contributed by atoms with Crippen LogP contribution in [0.5, 0.6) is 5.88 Å². The molecule has 0 radical (unpaired) electrons. The van der Waals surface area contributed by atoms with Crippen molar-refractivity contribution in [2.75, 3.05) is 29.9 Å². The van der Waals surface area contributed by atoms with Crippen molar-refractivity contribution < 1.29 is 9.53 Å². The lowest BCUT2D eigenvalue weighted by Gasteiger charge is -2.23. The zero-order valence-corrected chi connectivity index (χ0v) is 21.2. The lowest BCUT2D eigenvalue weighted by Crippen LogP contribution is -2.25. The zero-order valence-electron chi connectivity index (χ0n) is 20.4. The van der Waals surface area contributed by atoms with E-state index in [1.165, 1.54) is 7.05 Å². The zero-order chi connectivity index (χ0) is 24.6. The van der Waals surface area contributed by atoms with Crippen molar-refractivity contribution in [1.82, 2.24) is 14.8 Å². The second-order valence-corrected chi connectivity index (χ2v) is 9.16. The number of carbonyl (C=O) groups excluding carboxylic acids is 1. The number of nitrogens with one attached hydrogen (secondary N) is 2. The highest BCUT2D eigenvalue weighted by Crippen LogP contribution is 2.35. The number of hydrogen-bond acceptors (Lipinski definition) is 8. The molecule has 0 aliphatic carbocycles. The van der Waals surface area contributed by atoms with Crippen molar-refractivity contribution in [2.45, 2.75) is 40.2 Å². The van der Waals surface area contributed by atoms with E-state index in [2.05, 4.69) is 48.5 Å². The molecule has 0 atom stereocenters. The van der Waals surface area contributed by atoms with E-state index < -0.39 is 0 Å². The Morgan fingerprint density at radius 1 is 1.21 bits per heavy atom. The summed E-state index contributed by atoms with van der Waals surface area (Å²) in [5, 5.41) is 8.24. The SMILES string of the molecule is CCSNc1ccc(-c2nn(C(C)(C)C)c(Nc3cc(OC)ncc3C)c2C=O)cc1.CN. The maximum Gasteiger partial charge on any atom is 0.215 e. The average Bonchev–Trinajstić information content (AvgIpc) is 3.19. The van der Waals surface area contributed by atoms with E-state index in [0.717, 1.165) is 34.5 Å². The van der Waals surface area contributed by atoms with Gasteiger partial charge < -0.3 is 20.5 Å². The first-order chi connectivity index (χ1) is 15.8. The average molecular weight is 471 g/mol. The topological polar surface area (TPSA) is 107 Å². The Kier molecular flexibility index (Phi) is 9.31. The van der Waals surface area contributed by atoms with Gasteiger partial charge in [0.25, 0.3) is 0 Å². The highest BCUT2D eigenvalue weighted by atomic mass is 32.2. The van der Waals surface area contributed by atoms with Crippen LogP contribution in [0.1, 0.15) is 43.6 Å². The summed E-state index contributed by atoms with van der Waals surface area (Å²) in [5.41, 5.74) is 8.94. The van der Waals surface area contributed by atoms with E-state index >= 15 is 0 Å². The summed E-state index contributed by atoms with van der Waals surface area (Å²) < 4.78 is 10.4. The Morgan fingerprint density at radius 3 is 2.42 bits per heavy atom. The molecular formula is C24H34N6O2S. The molecule has 2 aromatic heterocycles. The number of aldehydes is 1. The number of aromatic nitrogens is 3. The number of carbonyl (C=O) groups is 1. The van der Waals surface area contributed by atoms with Crippen LogP contribution < -0.4 is 20.5 Å². The Bertz CT molecular complexity index is 1060. The number of anilines is 3. The van der Waals surface area contributed by atoms with Crippen molar-refractivity contribution in [2.24, 2.45) is 5.73 Å². The number of nitrogens with zero attached hydrogens (tertiary/aromatic N) is 3. The predicted octanol–water partition coefficient (Wildman–Crippen LogP) is 5.23. The van der Waals surface area contributed by atoms with E-state index in [4.69, 9.17) is 9.84 Å². The summed E-state index contributed by atoms with van der Waals surface area (Å²) in [4.78, 5) is 16.5. The van der Waals surface area contributed by atoms with Crippen LogP contribution >= 0.6 is 11.9 Å². The lowest BCUT2D eigenvalue weighted by molar-refractivity contribution is 0.112. The number of ether oxygens (including phenoxy) is 1. The largest absolute Gasteiger partial charge is 0.481 e.